The summed E-state index contributed by atoms with van der Waals surface area (Å²) in [7, 11) is 0. The van der Waals surface area contributed by atoms with Crippen LogP contribution in [0.5, 0.6) is 0 Å². The smallest absolute Gasteiger partial charge is 0.238 e. The van der Waals surface area contributed by atoms with Gasteiger partial charge >= 0.3 is 0 Å². The van der Waals surface area contributed by atoms with Gasteiger partial charge in [-0.3, -0.25) is 4.79 Å². The van der Waals surface area contributed by atoms with Gasteiger partial charge in [0, 0.05) is 16.8 Å². The number of amides is 1. The van der Waals surface area contributed by atoms with Crippen molar-refractivity contribution in [2.75, 3.05) is 25.0 Å². The molecule has 1 aliphatic carbocycles. The van der Waals surface area contributed by atoms with E-state index in [9.17, 15) is 9.90 Å². The normalized spacial score (nSPS) is 21.9. The maximum absolute atomic E-state index is 11.8. The number of hydrogen-bond acceptors (Lipinski definition) is 3. The van der Waals surface area contributed by atoms with Crippen LogP contribution in [0, 0.1) is 11.8 Å². The molecule has 1 aliphatic rings. The van der Waals surface area contributed by atoms with E-state index in [1.807, 2.05) is 24.3 Å². The number of carbonyl (C=O) groups is 1. The molecule has 0 heterocycles. The molecule has 110 valence electrons. The van der Waals surface area contributed by atoms with Gasteiger partial charge in [0.25, 0.3) is 0 Å². The van der Waals surface area contributed by atoms with E-state index in [1.165, 1.54) is 6.42 Å². The van der Waals surface area contributed by atoms with Gasteiger partial charge in [0.15, 0.2) is 0 Å². The Morgan fingerprint density at radius 2 is 1.95 bits per heavy atom. The average Bonchev–Trinajstić information content (AvgIpc) is 2.89. The Morgan fingerprint density at radius 1 is 1.25 bits per heavy atom. The second kappa shape index (κ2) is 7.76. The molecule has 0 aliphatic heterocycles. The van der Waals surface area contributed by atoms with Crippen molar-refractivity contribution in [1.82, 2.24) is 5.32 Å². The molecule has 1 amide bonds. The molecule has 3 N–H and O–H groups in total. The van der Waals surface area contributed by atoms with Gasteiger partial charge in [0.1, 0.15) is 0 Å². The third-order valence-electron chi connectivity index (χ3n) is 3.87. The van der Waals surface area contributed by atoms with Crippen LogP contribution in [0.1, 0.15) is 19.3 Å². The largest absolute Gasteiger partial charge is 0.396 e. The van der Waals surface area contributed by atoms with Crippen LogP contribution in [-0.4, -0.2) is 30.7 Å². The summed E-state index contributed by atoms with van der Waals surface area (Å²) in [5, 5.41) is 15.3. The fourth-order valence-electron chi connectivity index (χ4n) is 2.73. The van der Waals surface area contributed by atoms with Crippen LogP contribution in [0.15, 0.2) is 28.7 Å². The number of rotatable bonds is 6. The first-order valence-electron chi connectivity index (χ1n) is 7.06. The molecule has 0 radical (unpaired) electrons. The van der Waals surface area contributed by atoms with Gasteiger partial charge in [-0.25, -0.2) is 0 Å². The van der Waals surface area contributed by atoms with Crippen LogP contribution < -0.4 is 10.6 Å². The highest BCUT2D eigenvalue weighted by Crippen LogP contribution is 2.30. The van der Waals surface area contributed by atoms with E-state index in [2.05, 4.69) is 26.6 Å². The van der Waals surface area contributed by atoms with Crippen molar-refractivity contribution < 1.29 is 9.90 Å². The van der Waals surface area contributed by atoms with Crippen LogP contribution in [0.25, 0.3) is 0 Å². The summed E-state index contributed by atoms with van der Waals surface area (Å²) >= 11 is 3.36. The number of halogens is 1. The zero-order valence-electron chi connectivity index (χ0n) is 11.4. The van der Waals surface area contributed by atoms with Crippen molar-refractivity contribution >= 4 is 27.5 Å². The Kier molecular flexibility index (Phi) is 6.01. The Morgan fingerprint density at radius 3 is 2.65 bits per heavy atom. The maximum atomic E-state index is 11.8. The van der Waals surface area contributed by atoms with Gasteiger partial charge in [-0.15, -0.1) is 0 Å². The third-order valence-corrected chi connectivity index (χ3v) is 4.40. The van der Waals surface area contributed by atoms with E-state index < -0.39 is 0 Å². The van der Waals surface area contributed by atoms with Crippen LogP contribution >= 0.6 is 15.9 Å². The number of aliphatic hydroxyl groups is 1. The summed E-state index contributed by atoms with van der Waals surface area (Å²) < 4.78 is 0.991. The van der Waals surface area contributed by atoms with E-state index in [0.717, 1.165) is 29.5 Å². The molecule has 1 saturated carbocycles. The molecule has 0 saturated heterocycles. The number of carbonyl (C=O) groups excluding carboxylic acids is 1. The van der Waals surface area contributed by atoms with E-state index in [0.29, 0.717) is 18.4 Å². The highest BCUT2D eigenvalue weighted by Gasteiger charge is 2.26. The molecule has 5 heteroatoms. The second-order valence-corrected chi connectivity index (χ2v) is 6.24. The van der Waals surface area contributed by atoms with Crippen molar-refractivity contribution in [3.05, 3.63) is 28.7 Å². The second-order valence-electron chi connectivity index (χ2n) is 5.32. The number of nitrogens with one attached hydrogen (secondary N) is 2. The molecule has 2 unspecified atom stereocenters. The zero-order chi connectivity index (χ0) is 14.4. The summed E-state index contributed by atoms with van der Waals surface area (Å²) in [6, 6.07) is 7.52. The predicted octanol–water partition coefficient (Wildman–Crippen LogP) is 2.39. The first-order valence-corrected chi connectivity index (χ1v) is 7.85. The molecule has 1 fully saturated rings. The lowest BCUT2D eigenvalue weighted by molar-refractivity contribution is -0.115. The maximum Gasteiger partial charge on any atom is 0.238 e. The summed E-state index contributed by atoms with van der Waals surface area (Å²) in [6.07, 6.45) is 3.43. The molecule has 2 atom stereocenters. The average molecular weight is 341 g/mol. The Hall–Kier alpha value is -0.910. The first-order chi connectivity index (χ1) is 9.69. The monoisotopic (exact) mass is 340 g/mol. The minimum atomic E-state index is -0.0362. The summed E-state index contributed by atoms with van der Waals surface area (Å²) in [5.41, 5.74) is 0.800. The topological polar surface area (TPSA) is 61.4 Å². The van der Waals surface area contributed by atoms with Gasteiger partial charge in [0.05, 0.1) is 6.54 Å². The Labute approximate surface area is 128 Å². The van der Waals surface area contributed by atoms with E-state index in [-0.39, 0.29) is 12.5 Å². The third kappa shape index (κ3) is 4.58. The predicted molar refractivity (Wildman–Crippen MR) is 83.6 cm³/mol. The molecular formula is C15H21BrN2O2. The number of hydrogen-bond donors (Lipinski definition) is 3. The minimum Gasteiger partial charge on any atom is -0.396 e. The van der Waals surface area contributed by atoms with Crippen molar-refractivity contribution in [3.63, 3.8) is 0 Å². The van der Waals surface area contributed by atoms with Crippen LogP contribution in [0.4, 0.5) is 5.69 Å². The van der Waals surface area contributed by atoms with Gasteiger partial charge in [-0.2, -0.15) is 0 Å². The van der Waals surface area contributed by atoms with E-state index >= 15 is 0 Å². The van der Waals surface area contributed by atoms with Crippen molar-refractivity contribution in [2.24, 2.45) is 11.8 Å². The minimum absolute atomic E-state index is 0.0362. The standard InChI is InChI=1S/C15H21BrN2O2/c16-13-4-6-14(7-5-13)18-15(20)9-17-8-11-2-1-3-12(11)10-19/h4-7,11-12,17,19H,1-3,8-10H2,(H,18,20). The van der Waals surface area contributed by atoms with E-state index in [4.69, 9.17) is 0 Å². The molecule has 2 rings (SSSR count). The van der Waals surface area contributed by atoms with Gasteiger partial charge in [-0.1, -0.05) is 22.4 Å². The first kappa shape index (κ1) is 15.5. The van der Waals surface area contributed by atoms with Gasteiger partial charge < -0.3 is 15.7 Å². The number of anilines is 1. The van der Waals surface area contributed by atoms with Gasteiger partial charge in [0.2, 0.25) is 5.91 Å². The number of aliphatic hydroxyl groups excluding tert-OH is 1. The molecule has 1 aromatic carbocycles. The lowest BCUT2D eigenvalue weighted by Crippen LogP contribution is -2.33. The fraction of sp³-hybridized carbons (Fsp3) is 0.533. The van der Waals surface area contributed by atoms with Gasteiger partial charge in [-0.05, 0) is 55.5 Å². The molecule has 4 nitrogen and oxygen atoms in total. The van der Waals surface area contributed by atoms with Crippen LogP contribution in [-0.2, 0) is 4.79 Å². The van der Waals surface area contributed by atoms with Crippen molar-refractivity contribution in [2.45, 2.75) is 19.3 Å². The lowest BCUT2D eigenvalue weighted by Gasteiger charge is -2.17. The molecule has 20 heavy (non-hydrogen) atoms. The summed E-state index contributed by atoms with van der Waals surface area (Å²) in [4.78, 5) is 11.8. The highest BCUT2D eigenvalue weighted by atomic mass is 79.9. The molecule has 0 bridgehead atoms. The SMILES string of the molecule is O=C(CNCC1CCCC1CO)Nc1ccc(Br)cc1. The van der Waals surface area contributed by atoms with E-state index in [1.54, 1.807) is 0 Å². The summed E-state index contributed by atoms with van der Waals surface area (Å²) in [5.74, 6) is 0.864. The summed E-state index contributed by atoms with van der Waals surface area (Å²) in [6.45, 7) is 1.38. The van der Waals surface area contributed by atoms with Crippen molar-refractivity contribution in [3.8, 4) is 0 Å². The molecule has 0 spiro atoms. The lowest BCUT2D eigenvalue weighted by atomic mass is 9.97. The van der Waals surface area contributed by atoms with Crippen LogP contribution in [0.3, 0.4) is 0 Å². The highest BCUT2D eigenvalue weighted by molar-refractivity contribution is 9.10. The quantitative estimate of drug-likeness (QED) is 0.745. The molecular weight excluding hydrogens is 320 g/mol. The van der Waals surface area contributed by atoms with Crippen molar-refractivity contribution in [1.29, 1.82) is 0 Å². The Balaban J connectivity index is 1.69. The molecule has 1 aromatic rings. The Bertz CT molecular complexity index is 436. The fourth-order valence-corrected chi connectivity index (χ4v) is 3.00. The molecule has 0 aromatic heterocycles. The number of benzene rings is 1. The van der Waals surface area contributed by atoms with Crippen LogP contribution in [0.2, 0.25) is 0 Å². The zero-order valence-corrected chi connectivity index (χ0v) is 13.0.